The number of halogens is 2. The molecule has 0 radical (unpaired) electrons. The van der Waals surface area contributed by atoms with E-state index in [9.17, 15) is 9.59 Å². The fraction of sp³-hybridized carbons (Fsp3) is 0.222. The molecule has 0 aliphatic heterocycles. The summed E-state index contributed by atoms with van der Waals surface area (Å²) in [6.07, 6.45) is 0. The molecule has 2 N–H and O–H groups in total. The fourth-order valence-corrected chi connectivity index (χ4v) is 2.32. The number of benzene rings is 2. The molecule has 2 rings (SSSR count). The second-order valence-electron chi connectivity index (χ2n) is 5.93. The van der Waals surface area contributed by atoms with Crippen molar-refractivity contribution in [3.05, 3.63) is 58.1 Å². The minimum absolute atomic E-state index is 0.410. The van der Waals surface area contributed by atoms with Crippen LogP contribution >= 0.6 is 23.2 Å². The summed E-state index contributed by atoms with van der Waals surface area (Å²) in [5.41, 5.74) is 0.485. The van der Waals surface area contributed by atoms with E-state index in [4.69, 9.17) is 23.2 Å². The number of para-hydroxylation sites is 1. The van der Waals surface area contributed by atoms with E-state index >= 15 is 0 Å². The smallest absolute Gasteiger partial charge is 0.239 e. The summed E-state index contributed by atoms with van der Waals surface area (Å²) in [6, 6.07) is 12.1. The first kappa shape index (κ1) is 18.3. The van der Waals surface area contributed by atoms with Crippen molar-refractivity contribution in [1.29, 1.82) is 0 Å². The van der Waals surface area contributed by atoms with Gasteiger partial charge in [0.15, 0.2) is 0 Å². The molecule has 0 aromatic heterocycles. The molecule has 4 nitrogen and oxygen atoms in total. The molecule has 0 fully saturated rings. The van der Waals surface area contributed by atoms with Crippen LogP contribution in [0.4, 0.5) is 11.4 Å². The summed E-state index contributed by atoms with van der Waals surface area (Å²) >= 11 is 12.1. The van der Waals surface area contributed by atoms with Crippen LogP contribution in [0.5, 0.6) is 0 Å². The molecule has 0 spiro atoms. The summed E-state index contributed by atoms with van der Waals surface area (Å²) in [4.78, 5) is 25.1. The predicted octanol–water partition coefficient (Wildman–Crippen LogP) is 4.91. The second-order valence-corrected chi connectivity index (χ2v) is 6.74. The Kier molecular flexibility index (Phi) is 5.52. The van der Waals surface area contributed by atoms with Crippen molar-refractivity contribution in [2.45, 2.75) is 20.8 Å². The minimum atomic E-state index is -1.30. The average Bonchev–Trinajstić information content (AvgIpc) is 2.53. The van der Waals surface area contributed by atoms with Crippen molar-refractivity contribution in [3.63, 3.8) is 0 Å². The number of hydrogen-bond donors (Lipinski definition) is 2. The largest absolute Gasteiger partial charge is 0.325 e. The van der Waals surface area contributed by atoms with Crippen LogP contribution in [0, 0.1) is 12.3 Å². The van der Waals surface area contributed by atoms with Gasteiger partial charge in [-0.25, -0.2) is 0 Å². The molecule has 2 aromatic rings. The molecule has 6 heteroatoms. The minimum Gasteiger partial charge on any atom is -0.325 e. The van der Waals surface area contributed by atoms with Crippen LogP contribution in [0.15, 0.2) is 42.5 Å². The highest BCUT2D eigenvalue weighted by Gasteiger charge is 2.36. The number of anilines is 2. The van der Waals surface area contributed by atoms with Crippen molar-refractivity contribution in [2.24, 2.45) is 5.41 Å². The molecule has 0 atom stereocenters. The Morgan fingerprint density at radius 2 is 1.33 bits per heavy atom. The molecule has 2 amide bonds. The van der Waals surface area contributed by atoms with E-state index in [2.05, 4.69) is 10.6 Å². The van der Waals surface area contributed by atoms with Crippen LogP contribution < -0.4 is 10.6 Å². The summed E-state index contributed by atoms with van der Waals surface area (Å²) < 4.78 is 0. The Morgan fingerprint density at radius 3 is 1.96 bits per heavy atom. The van der Waals surface area contributed by atoms with Crippen molar-refractivity contribution >= 4 is 46.4 Å². The lowest BCUT2D eigenvalue weighted by Crippen LogP contribution is -2.41. The van der Waals surface area contributed by atoms with Gasteiger partial charge in [-0.15, -0.1) is 0 Å². The molecule has 2 aromatic carbocycles. The lowest BCUT2D eigenvalue weighted by atomic mass is 9.90. The fourth-order valence-electron chi connectivity index (χ4n) is 1.97. The molecule has 0 saturated carbocycles. The van der Waals surface area contributed by atoms with Crippen LogP contribution in [0.3, 0.4) is 0 Å². The molecule has 0 aliphatic carbocycles. The Labute approximate surface area is 151 Å². The van der Waals surface area contributed by atoms with Gasteiger partial charge in [0.1, 0.15) is 5.41 Å². The first-order chi connectivity index (χ1) is 11.2. The van der Waals surface area contributed by atoms with E-state index < -0.39 is 17.2 Å². The lowest BCUT2D eigenvalue weighted by Gasteiger charge is -2.23. The zero-order valence-corrected chi connectivity index (χ0v) is 15.1. The quantitative estimate of drug-likeness (QED) is 0.757. The van der Waals surface area contributed by atoms with E-state index in [0.29, 0.717) is 21.4 Å². The number of amides is 2. The maximum atomic E-state index is 12.6. The highest BCUT2D eigenvalue weighted by Crippen LogP contribution is 2.27. The van der Waals surface area contributed by atoms with E-state index in [1.54, 1.807) is 63.2 Å². The number of hydrogen-bond acceptors (Lipinski definition) is 2. The van der Waals surface area contributed by atoms with E-state index in [0.717, 1.165) is 5.56 Å². The molecule has 0 unspecified atom stereocenters. The number of carbonyl (C=O) groups excluding carboxylic acids is 2. The predicted molar refractivity (Wildman–Crippen MR) is 98.7 cm³/mol. The van der Waals surface area contributed by atoms with Crippen molar-refractivity contribution in [1.82, 2.24) is 0 Å². The molecular weight excluding hydrogens is 347 g/mol. The number of nitrogens with one attached hydrogen (secondary N) is 2. The molecule has 0 aliphatic rings. The summed E-state index contributed by atoms with van der Waals surface area (Å²) in [5.74, 6) is -0.884. The van der Waals surface area contributed by atoms with Gasteiger partial charge in [-0.3, -0.25) is 9.59 Å². The third-order valence-electron chi connectivity index (χ3n) is 3.77. The third-order valence-corrected chi connectivity index (χ3v) is 4.51. The van der Waals surface area contributed by atoms with Gasteiger partial charge in [-0.1, -0.05) is 41.4 Å². The highest BCUT2D eigenvalue weighted by atomic mass is 35.5. The highest BCUT2D eigenvalue weighted by molar-refractivity contribution is 6.34. The van der Waals surface area contributed by atoms with Gasteiger partial charge in [-0.05, 0) is 50.6 Å². The summed E-state index contributed by atoms with van der Waals surface area (Å²) in [7, 11) is 0. The van der Waals surface area contributed by atoms with Crippen LogP contribution in [-0.4, -0.2) is 11.8 Å². The Bertz CT molecular complexity index is 788. The number of carbonyl (C=O) groups is 2. The second kappa shape index (κ2) is 7.24. The molecule has 0 bridgehead atoms. The Hall–Kier alpha value is -2.04. The van der Waals surface area contributed by atoms with Gasteiger partial charge < -0.3 is 10.6 Å². The monoisotopic (exact) mass is 364 g/mol. The van der Waals surface area contributed by atoms with E-state index in [1.807, 2.05) is 0 Å². The van der Waals surface area contributed by atoms with Gasteiger partial charge in [-0.2, -0.15) is 0 Å². The van der Waals surface area contributed by atoms with E-state index in [1.165, 1.54) is 0 Å². The zero-order chi connectivity index (χ0) is 17.9. The topological polar surface area (TPSA) is 58.2 Å². The van der Waals surface area contributed by atoms with Crippen LogP contribution in [-0.2, 0) is 9.59 Å². The maximum Gasteiger partial charge on any atom is 0.239 e. The Balaban J connectivity index is 2.16. The standard InChI is InChI=1S/C18H18Cl2N2O2/c1-11-12(19)8-6-10-14(11)21-16(23)18(2,3)17(24)22-15-9-5-4-7-13(15)20/h4-10H,1-3H3,(H,21,23)(H,22,24). The van der Waals surface area contributed by atoms with Gasteiger partial charge in [0, 0.05) is 10.7 Å². The van der Waals surface area contributed by atoms with Gasteiger partial charge in [0.2, 0.25) is 11.8 Å². The first-order valence-electron chi connectivity index (χ1n) is 7.36. The molecule has 0 heterocycles. The normalized spacial score (nSPS) is 11.0. The SMILES string of the molecule is Cc1c(Cl)cccc1NC(=O)C(C)(C)C(=O)Nc1ccccc1Cl. The van der Waals surface area contributed by atoms with Gasteiger partial charge in [0.25, 0.3) is 0 Å². The van der Waals surface area contributed by atoms with E-state index in [-0.39, 0.29) is 0 Å². The zero-order valence-electron chi connectivity index (χ0n) is 13.6. The van der Waals surface area contributed by atoms with Gasteiger partial charge in [0.05, 0.1) is 10.7 Å². The number of rotatable bonds is 4. The average molecular weight is 365 g/mol. The van der Waals surface area contributed by atoms with Crippen molar-refractivity contribution in [3.8, 4) is 0 Å². The summed E-state index contributed by atoms with van der Waals surface area (Å²) in [5, 5.41) is 6.40. The Morgan fingerprint density at radius 1 is 0.833 bits per heavy atom. The molecular formula is C18H18Cl2N2O2. The molecule has 24 heavy (non-hydrogen) atoms. The molecule has 0 saturated heterocycles. The van der Waals surface area contributed by atoms with Crippen LogP contribution in [0.2, 0.25) is 10.0 Å². The molecule has 126 valence electrons. The van der Waals surface area contributed by atoms with Crippen molar-refractivity contribution in [2.75, 3.05) is 10.6 Å². The maximum absolute atomic E-state index is 12.6. The van der Waals surface area contributed by atoms with Crippen LogP contribution in [0.25, 0.3) is 0 Å². The first-order valence-corrected chi connectivity index (χ1v) is 8.11. The lowest BCUT2D eigenvalue weighted by molar-refractivity contribution is -0.135. The van der Waals surface area contributed by atoms with Crippen LogP contribution in [0.1, 0.15) is 19.4 Å². The van der Waals surface area contributed by atoms with Crippen molar-refractivity contribution < 1.29 is 9.59 Å². The summed E-state index contributed by atoms with van der Waals surface area (Å²) in [6.45, 7) is 4.90. The third kappa shape index (κ3) is 3.89. The van der Waals surface area contributed by atoms with Gasteiger partial charge >= 0.3 is 0 Å².